The lowest BCUT2D eigenvalue weighted by Crippen LogP contribution is -2.65. The van der Waals surface area contributed by atoms with Gasteiger partial charge in [0.2, 0.25) is 6.29 Å². The normalized spacial score (nSPS) is 35.7. The van der Waals surface area contributed by atoms with Crippen molar-refractivity contribution in [2.75, 3.05) is 33.5 Å². The van der Waals surface area contributed by atoms with Crippen molar-refractivity contribution in [1.82, 2.24) is 0 Å². The van der Waals surface area contributed by atoms with Crippen molar-refractivity contribution in [3.8, 4) is 5.75 Å². The third-order valence-electron chi connectivity index (χ3n) is 8.30. The third kappa shape index (κ3) is 9.11. The van der Waals surface area contributed by atoms with E-state index in [0.717, 1.165) is 18.9 Å². The van der Waals surface area contributed by atoms with Gasteiger partial charge in [-0.05, 0) is 17.7 Å². The molecule has 0 unspecified atom stereocenters. The van der Waals surface area contributed by atoms with Gasteiger partial charge in [-0.15, -0.1) is 0 Å². The molecule has 0 spiro atoms. The van der Waals surface area contributed by atoms with Crippen LogP contribution in [0.3, 0.4) is 0 Å². The lowest BCUT2D eigenvalue weighted by atomic mass is 9.86. The molecule has 49 heavy (non-hydrogen) atoms. The molecular weight excluding hydrogens is 660 g/mol. The predicted octanol–water partition coefficient (Wildman–Crippen LogP) is -3.54. The summed E-state index contributed by atoms with van der Waals surface area (Å²) < 4.78 is 38.1. The Morgan fingerprint density at radius 2 is 1.47 bits per heavy atom. The van der Waals surface area contributed by atoms with Crippen LogP contribution in [0.15, 0.2) is 47.7 Å². The molecule has 0 aliphatic carbocycles. The number of aliphatic hydroxyl groups is 8. The van der Waals surface area contributed by atoms with E-state index in [-0.39, 0.29) is 23.5 Å². The zero-order chi connectivity index (χ0) is 35.8. The highest BCUT2D eigenvalue weighted by Crippen LogP contribution is 2.37. The number of carbonyl (C=O) groups excluding carboxylic acids is 2. The van der Waals surface area contributed by atoms with Gasteiger partial charge in [-0.2, -0.15) is 0 Å². The van der Waals surface area contributed by atoms with Crippen LogP contribution in [0.4, 0.5) is 0 Å². The van der Waals surface area contributed by atoms with Crippen molar-refractivity contribution in [3.05, 3.63) is 53.3 Å². The molecule has 18 heteroatoms. The first-order valence-corrected chi connectivity index (χ1v) is 15.4. The van der Waals surface area contributed by atoms with Gasteiger partial charge in [-0.25, -0.2) is 4.79 Å². The van der Waals surface area contributed by atoms with E-state index in [1.807, 2.05) is 0 Å². The van der Waals surface area contributed by atoms with Crippen LogP contribution in [0.5, 0.6) is 5.75 Å². The Morgan fingerprint density at radius 3 is 2.08 bits per heavy atom. The molecule has 0 amide bonds. The van der Waals surface area contributed by atoms with Gasteiger partial charge >= 0.3 is 11.9 Å². The minimum atomic E-state index is -1.92. The lowest BCUT2D eigenvalue weighted by Gasteiger charge is -2.46. The topological polar surface area (TPSA) is 281 Å². The molecule has 3 aliphatic rings. The standard InChI is InChI=1S/C31H42O18/c1-43-28(42)18-13-45-29(16(6-8-32)17(18)10-21(36)44-9-7-14-2-4-15(35)5-3-14)49-31-26(41)27(23(38)20(12-34)47-31)48-30-25(40)24(39)22(37)19(11-33)46-30/h2-6,13,17,19-20,22-27,29-35,37-41H,7-12H2,1H3/t17-,19+,20+,22+,23+,24-,25+,26+,27-,29-,30-,31-/m0/s1. The molecular formula is C31H42O18. The Kier molecular flexibility index (Phi) is 13.9. The van der Waals surface area contributed by atoms with E-state index in [2.05, 4.69) is 0 Å². The summed E-state index contributed by atoms with van der Waals surface area (Å²) in [4.78, 5) is 25.6. The second-order valence-corrected chi connectivity index (χ2v) is 11.5. The number of phenols is 1. The van der Waals surface area contributed by atoms with Gasteiger partial charge in [-0.1, -0.05) is 18.2 Å². The monoisotopic (exact) mass is 702 g/mol. The van der Waals surface area contributed by atoms with Gasteiger partial charge in [-0.3, -0.25) is 4.79 Å². The second kappa shape index (κ2) is 17.6. The zero-order valence-electron chi connectivity index (χ0n) is 26.3. The molecule has 0 saturated carbocycles. The quantitative estimate of drug-likeness (QED) is 0.0711. The highest BCUT2D eigenvalue weighted by atomic mass is 16.8. The molecule has 3 aliphatic heterocycles. The fraction of sp³-hybridized carbons (Fsp3) is 0.613. The van der Waals surface area contributed by atoms with Gasteiger partial charge in [0, 0.05) is 17.9 Å². The maximum Gasteiger partial charge on any atom is 0.337 e. The van der Waals surface area contributed by atoms with Crippen LogP contribution in [0, 0.1) is 5.92 Å². The molecule has 274 valence electrons. The van der Waals surface area contributed by atoms with Crippen LogP contribution < -0.4 is 0 Å². The summed E-state index contributed by atoms with van der Waals surface area (Å²) in [5.74, 6) is -2.66. The summed E-state index contributed by atoms with van der Waals surface area (Å²) in [7, 11) is 1.11. The summed E-state index contributed by atoms with van der Waals surface area (Å²) >= 11 is 0. The van der Waals surface area contributed by atoms with Crippen LogP contribution in [-0.4, -0.2) is 159 Å². The minimum absolute atomic E-state index is 0.0229. The average molecular weight is 703 g/mol. The minimum Gasteiger partial charge on any atom is -0.508 e. The smallest absolute Gasteiger partial charge is 0.337 e. The van der Waals surface area contributed by atoms with E-state index in [4.69, 9.17) is 33.2 Å². The molecule has 1 aromatic rings. The first kappa shape index (κ1) is 38.6. The summed E-state index contributed by atoms with van der Waals surface area (Å²) in [6.07, 6.45) is -16.7. The van der Waals surface area contributed by atoms with Crippen LogP contribution in [0.1, 0.15) is 12.0 Å². The summed E-state index contributed by atoms with van der Waals surface area (Å²) in [5, 5.41) is 91.3. The first-order valence-electron chi connectivity index (χ1n) is 15.4. The van der Waals surface area contributed by atoms with Gasteiger partial charge in [0.05, 0.1) is 51.8 Å². The molecule has 18 nitrogen and oxygen atoms in total. The number of carbonyl (C=O) groups is 2. The lowest BCUT2D eigenvalue weighted by molar-refractivity contribution is -0.369. The molecule has 0 aromatic heterocycles. The fourth-order valence-electron chi connectivity index (χ4n) is 5.58. The Hall–Kier alpha value is -3.24. The van der Waals surface area contributed by atoms with Gasteiger partial charge in [0.15, 0.2) is 12.6 Å². The second-order valence-electron chi connectivity index (χ2n) is 11.5. The SMILES string of the molecule is COC(=O)C1=CO[C@@H](O[C@@H]2O[C@H](CO)[C@@H](O)[C@H](O[C@@H]3O[C@H](CO)[C@@H](O)[C@H](O)[C@H]3O)[C@H]2O)C(=CCO)[C@@H]1CC(=O)OCCc1ccc(O)cc1. The number of esters is 2. The Balaban J connectivity index is 1.51. The number of rotatable bonds is 13. The van der Waals surface area contributed by atoms with Crippen molar-refractivity contribution in [3.63, 3.8) is 0 Å². The van der Waals surface area contributed by atoms with Crippen LogP contribution in [-0.2, 0) is 49.2 Å². The number of hydrogen-bond acceptors (Lipinski definition) is 18. The van der Waals surface area contributed by atoms with E-state index in [1.165, 1.54) is 18.2 Å². The molecule has 3 heterocycles. The van der Waals surface area contributed by atoms with Crippen LogP contribution in [0.25, 0.3) is 0 Å². The van der Waals surface area contributed by atoms with E-state index in [9.17, 15) is 55.5 Å². The first-order chi connectivity index (χ1) is 23.4. The molecule has 0 bridgehead atoms. The van der Waals surface area contributed by atoms with Gasteiger partial charge < -0.3 is 79.1 Å². The van der Waals surface area contributed by atoms with Crippen molar-refractivity contribution in [2.45, 2.75) is 80.5 Å². The van der Waals surface area contributed by atoms with E-state index >= 15 is 0 Å². The number of methoxy groups -OCH3 is 1. The van der Waals surface area contributed by atoms with Crippen molar-refractivity contribution < 1.29 is 88.7 Å². The summed E-state index contributed by atoms with van der Waals surface area (Å²) in [5.41, 5.74) is 0.678. The molecule has 2 saturated heterocycles. The summed E-state index contributed by atoms with van der Waals surface area (Å²) in [6, 6.07) is 6.29. The highest BCUT2D eigenvalue weighted by molar-refractivity contribution is 5.90. The molecule has 12 atom stereocenters. The number of aromatic hydroxyl groups is 1. The number of aliphatic hydroxyl groups excluding tert-OH is 8. The van der Waals surface area contributed by atoms with E-state index in [1.54, 1.807) is 12.1 Å². The van der Waals surface area contributed by atoms with Gasteiger partial charge in [0.25, 0.3) is 0 Å². The van der Waals surface area contributed by atoms with Crippen molar-refractivity contribution >= 4 is 11.9 Å². The Morgan fingerprint density at radius 1 is 0.837 bits per heavy atom. The number of phenolic OH excluding ortho intramolecular Hbond substituents is 1. The molecule has 1 aromatic carbocycles. The third-order valence-corrected chi connectivity index (χ3v) is 8.30. The molecule has 4 rings (SSSR count). The van der Waals surface area contributed by atoms with Crippen LogP contribution in [0.2, 0.25) is 0 Å². The largest absolute Gasteiger partial charge is 0.508 e. The fourth-order valence-corrected chi connectivity index (χ4v) is 5.58. The van der Waals surface area contributed by atoms with Crippen molar-refractivity contribution in [1.29, 1.82) is 0 Å². The molecule has 0 radical (unpaired) electrons. The Bertz CT molecular complexity index is 1300. The zero-order valence-corrected chi connectivity index (χ0v) is 26.3. The predicted molar refractivity (Wildman–Crippen MR) is 159 cm³/mol. The summed E-state index contributed by atoms with van der Waals surface area (Å²) in [6.45, 7) is -2.25. The Labute approximate surface area is 279 Å². The molecule has 2 fully saturated rings. The number of benzene rings is 1. The molecule has 9 N–H and O–H groups in total. The van der Waals surface area contributed by atoms with Gasteiger partial charge in [0.1, 0.15) is 54.6 Å². The number of hydrogen-bond donors (Lipinski definition) is 9. The highest BCUT2D eigenvalue weighted by Gasteiger charge is 2.52. The maximum atomic E-state index is 12.9. The van der Waals surface area contributed by atoms with Crippen molar-refractivity contribution in [2.24, 2.45) is 5.92 Å². The van der Waals surface area contributed by atoms with E-state index in [0.29, 0.717) is 6.42 Å². The average Bonchev–Trinajstić information content (AvgIpc) is 3.09. The maximum absolute atomic E-state index is 12.9. The van der Waals surface area contributed by atoms with E-state index < -0.39 is 112 Å². The van der Waals surface area contributed by atoms with Crippen LogP contribution >= 0.6 is 0 Å². The number of ether oxygens (including phenoxy) is 7.